The number of hydrogen-bond acceptors (Lipinski definition) is 14. The molecule has 3 atom stereocenters. The molecule has 1 aromatic carbocycles. The van der Waals surface area contributed by atoms with Gasteiger partial charge in [0.2, 0.25) is 29.5 Å². The monoisotopic (exact) mass is 860 g/mol. The molecule has 326 valence electrons. The molecule has 3 N–H and O–H groups in total. The number of piperidine rings is 2. The Hall–Kier alpha value is -5.44. The minimum atomic E-state index is -0.670. The molecule has 17 heteroatoms. The SMILES string of the molecule is C[C@H]1CN(CCCCCN2CCC(c3ccc4c(c3)n(C)c(=O)n4C3CCC(=O)NC3=O)CC2)CCCN1c1nccc(-c2noc([C@@]3(C)CCCc4sc(N)c(C#N)c43)n2)n1. The van der Waals surface area contributed by atoms with Gasteiger partial charge in [-0.05, 0) is 134 Å². The number of amides is 2. The zero-order valence-electron chi connectivity index (χ0n) is 35.9. The lowest BCUT2D eigenvalue weighted by molar-refractivity contribution is -0.135. The molecule has 62 heavy (non-hydrogen) atoms. The molecule has 0 radical (unpaired) electrons. The molecule has 5 aromatic rings. The fourth-order valence-corrected chi connectivity index (χ4v) is 11.6. The molecule has 1 unspecified atom stereocenters. The van der Waals surface area contributed by atoms with Gasteiger partial charge in [0.25, 0.3) is 0 Å². The number of thiophene rings is 1. The number of imidazole rings is 1. The molecule has 3 aliphatic heterocycles. The van der Waals surface area contributed by atoms with Crippen molar-refractivity contribution in [3.05, 3.63) is 68.4 Å². The topological polar surface area (TPSA) is 197 Å². The number of nitrogen functional groups attached to an aromatic ring is 1. The second-order valence-corrected chi connectivity index (χ2v) is 19.0. The molecule has 0 saturated carbocycles. The van der Waals surface area contributed by atoms with Crippen LogP contribution < -0.4 is 21.6 Å². The lowest BCUT2D eigenvalue weighted by atomic mass is 9.72. The predicted molar refractivity (Wildman–Crippen MR) is 237 cm³/mol. The van der Waals surface area contributed by atoms with Crippen LogP contribution in [0, 0.1) is 11.3 Å². The molecule has 2 amide bonds. The zero-order chi connectivity index (χ0) is 43.1. The van der Waals surface area contributed by atoms with Crippen molar-refractivity contribution in [2.45, 2.75) is 108 Å². The van der Waals surface area contributed by atoms with Crippen LogP contribution in [-0.2, 0) is 28.5 Å². The number of nitrogens with zero attached hydrogens (tertiary/aromatic N) is 10. The van der Waals surface area contributed by atoms with Crippen molar-refractivity contribution in [1.29, 1.82) is 5.26 Å². The van der Waals surface area contributed by atoms with E-state index in [9.17, 15) is 19.6 Å². The molecule has 4 aliphatic rings. The van der Waals surface area contributed by atoms with E-state index in [4.69, 9.17) is 20.2 Å². The first-order chi connectivity index (χ1) is 30.0. The fourth-order valence-electron chi connectivity index (χ4n) is 10.4. The van der Waals surface area contributed by atoms with Gasteiger partial charge in [-0.25, -0.2) is 14.8 Å². The van der Waals surface area contributed by atoms with Crippen LogP contribution in [0.5, 0.6) is 0 Å². The summed E-state index contributed by atoms with van der Waals surface area (Å²) < 4.78 is 9.08. The van der Waals surface area contributed by atoms with Crippen molar-refractivity contribution >= 4 is 45.1 Å². The molecule has 0 spiro atoms. The van der Waals surface area contributed by atoms with E-state index in [-0.39, 0.29) is 24.1 Å². The predicted octanol–water partition coefficient (Wildman–Crippen LogP) is 5.27. The number of nitrogens with two attached hydrogens (primary N) is 1. The maximum atomic E-state index is 13.2. The number of imide groups is 1. The van der Waals surface area contributed by atoms with Crippen molar-refractivity contribution in [3.63, 3.8) is 0 Å². The number of hydrogen-bond donors (Lipinski definition) is 2. The maximum Gasteiger partial charge on any atom is 0.329 e. The van der Waals surface area contributed by atoms with Gasteiger partial charge in [0.1, 0.15) is 22.8 Å². The van der Waals surface area contributed by atoms with Crippen LogP contribution in [0.3, 0.4) is 0 Å². The standard InChI is InChI=1S/C45H56N12O4S/c1-28-27-55(21-8-22-56(28)43-48-18-14-32(49-43)40-51-42(61-52-40)45(2)17-7-9-36-38(45)31(26-46)39(47)62-36)20-6-4-5-19-54-23-15-29(16-24-54)30-10-11-33-35(25-30)53(3)44(60)57(33)34-12-13-37(58)50-41(34)59/h10-11,14,18,25,28-29,34H,4-9,12-13,15-17,19-24,27,47H2,1-3H3,(H,50,58,59)/t28-,34?,45-/m0/s1. The van der Waals surface area contributed by atoms with E-state index in [2.05, 4.69) is 62.2 Å². The van der Waals surface area contributed by atoms with Crippen LogP contribution in [0.25, 0.3) is 22.6 Å². The number of aryl methyl sites for hydroxylation is 2. The van der Waals surface area contributed by atoms with Gasteiger partial charge in [0, 0.05) is 49.2 Å². The third kappa shape index (κ3) is 7.92. The van der Waals surface area contributed by atoms with Gasteiger partial charge in [-0.2, -0.15) is 10.2 Å². The average molecular weight is 861 g/mol. The highest BCUT2D eigenvalue weighted by Crippen LogP contribution is 2.48. The van der Waals surface area contributed by atoms with Crippen LogP contribution in [0.1, 0.15) is 117 Å². The first-order valence-electron chi connectivity index (χ1n) is 22.3. The number of aromatic nitrogens is 6. The molecule has 4 aromatic heterocycles. The van der Waals surface area contributed by atoms with Crippen LogP contribution in [-0.4, -0.2) is 103 Å². The maximum absolute atomic E-state index is 13.2. The van der Waals surface area contributed by atoms with Gasteiger partial charge in [0.15, 0.2) is 0 Å². The van der Waals surface area contributed by atoms with E-state index >= 15 is 0 Å². The molecule has 3 saturated heterocycles. The number of benzene rings is 1. The molecule has 1 aliphatic carbocycles. The molecular weight excluding hydrogens is 805 g/mol. The average Bonchev–Trinajstić information content (AvgIpc) is 3.93. The molecule has 7 heterocycles. The largest absolute Gasteiger partial charge is 0.389 e. The first-order valence-corrected chi connectivity index (χ1v) is 23.1. The number of fused-ring (bicyclic) bond motifs is 2. The van der Waals surface area contributed by atoms with E-state index in [0.717, 1.165) is 106 Å². The Morgan fingerprint density at radius 2 is 1.79 bits per heavy atom. The number of rotatable bonds is 11. The first kappa shape index (κ1) is 41.9. The molecular formula is C45H56N12O4S. The van der Waals surface area contributed by atoms with Gasteiger partial charge < -0.3 is 25.0 Å². The van der Waals surface area contributed by atoms with Crippen LogP contribution in [0.4, 0.5) is 10.9 Å². The lowest BCUT2D eigenvalue weighted by Crippen LogP contribution is -2.44. The highest BCUT2D eigenvalue weighted by molar-refractivity contribution is 7.16. The van der Waals surface area contributed by atoms with Crippen molar-refractivity contribution in [2.75, 3.05) is 56.4 Å². The van der Waals surface area contributed by atoms with E-state index in [1.807, 2.05) is 12.1 Å². The van der Waals surface area contributed by atoms with E-state index in [0.29, 0.717) is 46.3 Å². The van der Waals surface area contributed by atoms with Crippen LogP contribution in [0.15, 0.2) is 39.8 Å². The van der Waals surface area contributed by atoms with Gasteiger partial charge in [-0.1, -0.05) is 17.6 Å². The quantitative estimate of drug-likeness (QED) is 0.129. The fraction of sp³-hybridized carbons (Fsp3) is 0.556. The molecule has 3 fully saturated rings. The minimum absolute atomic E-state index is 0.228. The van der Waals surface area contributed by atoms with Crippen molar-refractivity contribution in [3.8, 4) is 17.6 Å². The Balaban J connectivity index is 0.737. The number of carbonyl (C=O) groups excluding carboxylic acids is 2. The van der Waals surface area contributed by atoms with Crippen LogP contribution in [0.2, 0.25) is 0 Å². The lowest BCUT2D eigenvalue weighted by Gasteiger charge is -2.32. The van der Waals surface area contributed by atoms with Crippen molar-refractivity contribution in [2.24, 2.45) is 7.05 Å². The van der Waals surface area contributed by atoms with Crippen LogP contribution >= 0.6 is 11.3 Å². The summed E-state index contributed by atoms with van der Waals surface area (Å²) in [5.74, 6) is 1.30. The number of nitriles is 1. The number of carbonyl (C=O) groups is 2. The van der Waals surface area contributed by atoms with Gasteiger partial charge in [-0.3, -0.25) is 24.0 Å². The second kappa shape index (κ2) is 17.4. The molecule has 16 nitrogen and oxygen atoms in total. The summed E-state index contributed by atoms with van der Waals surface area (Å²) in [5, 5.41) is 17.2. The number of unbranched alkanes of at least 4 members (excludes halogenated alkanes) is 2. The van der Waals surface area contributed by atoms with E-state index in [1.165, 1.54) is 36.2 Å². The third-order valence-corrected chi connectivity index (χ3v) is 14.9. The molecule has 9 rings (SSSR count). The zero-order valence-corrected chi connectivity index (χ0v) is 36.8. The smallest absolute Gasteiger partial charge is 0.329 e. The minimum Gasteiger partial charge on any atom is -0.389 e. The highest BCUT2D eigenvalue weighted by Gasteiger charge is 2.43. The third-order valence-electron chi connectivity index (χ3n) is 13.9. The van der Waals surface area contributed by atoms with Crippen molar-refractivity contribution in [1.82, 2.24) is 44.4 Å². The highest BCUT2D eigenvalue weighted by atomic mass is 32.1. The van der Waals surface area contributed by atoms with Crippen molar-refractivity contribution < 1.29 is 14.1 Å². The Morgan fingerprint density at radius 3 is 2.58 bits per heavy atom. The van der Waals surface area contributed by atoms with Gasteiger partial charge in [-0.15, -0.1) is 11.3 Å². The summed E-state index contributed by atoms with van der Waals surface area (Å²) in [6.07, 6.45) is 11.7. The summed E-state index contributed by atoms with van der Waals surface area (Å²) in [4.78, 5) is 60.7. The summed E-state index contributed by atoms with van der Waals surface area (Å²) in [5.41, 5.74) is 10.3. The Kier molecular flexibility index (Phi) is 11.7. The summed E-state index contributed by atoms with van der Waals surface area (Å²) in [6, 6.07) is 9.93. The summed E-state index contributed by atoms with van der Waals surface area (Å²) in [7, 11) is 1.76. The molecule has 0 bridgehead atoms. The van der Waals surface area contributed by atoms with Gasteiger partial charge >= 0.3 is 5.69 Å². The number of likely N-dealkylation sites (tertiary alicyclic amines) is 1. The number of anilines is 2. The van der Waals surface area contributed by atoms with E-state index < -0.39 is 17.4 Å². The number of nitrogens with one attached hydrogen (secondary N) is 1. The second-order valence-electron chi connectivity index (χ2n) is 17.9. The van der Waals surface area contributed by atoms with E-state index in [1.54, 1.807) is 22.4 Å². The normalized spacial score (nSPS) is 23.0. The Labute approximate surface area is 365 Å². The summed E-state index contributed by atoms with van der Waals surface area (Å²) >= 11 is 1.49. The summed E-state index contributed by atoms with van der Waals surface area (Å²) in [6.45, 7) is 11.5. The van der Waals surface area contributed by atoms with Gasteiger partial charge in [0.05, 0.1) is 22.0 Å². The Bertz CT molecular complexity index is 2580. The Morgan fingerprint density at radius 1 is 0.984 bits per heavy atom.